The van der Waals surface area contributed by atoms with Crippen LogP contribution in [0.3, 0.4) is 0 Å². The van der Waals surface area contributed by atoms with Crippen molar-refractivity contribution in [2.24, 2.45) is 5.92 Å². The molecule has 0 radical (unpaired) electrons. The molecule has 2 aromatic rings. The molecule has 2 amide bonds. The molecule has 1 aliphatic heterocycles. The van der Waals surface area contributed by atoms with E-state index in [1.165, 1.54) is 7.11 Å². The Kier molecular flexibility index (Phi) is 9.65. The largest absolute Gasteiger partial charge is 0.492 e. The molecule has 1 heterocycles. The maximum absolute atomic E-state index is 13.0. The number of carbonyl (C=O) groups excluding carboxylic acids is 3. The first-order chi connectivity index (χ1) is 17.6. The fraction of sp³-hybridized carbons (Fsp3) is 0.308. The van der Waals surface area contributed by atoms with Gasteiger partial charge in [0.15, 0.2) is 0 Å². The summed E-state index contributed by atoms with van der Waals surface area (Å²) >= 11 is 10.8. The van der Waals surface area contributed by atoms with Gasteiger partial charge in [0.25, 0.3) is 0 Å². The Labute approximate surface area is 232 Å². The van der Waals surface area contributed by atoms with Crippen LogP contribution >= 0.6 is 39.3 Å². The Morgan fingerprint density at radius 1 is 1.24 bits per heavy atom. The number of aryl methyl sites for hydroxylation is 2. The predicted octanol–water partition coefficient (Wildman–Crippen LogP) is 5.23. The first-order valence-corrected chi connectivity index (χ1v) is 13.4. The Balaban J connectivity index is 1.93. The maximum atomic E-state index is 13.0. The zero-order chi connectivity index (χ0) is 27.3. The summed E-state index contributed by atoms with van der Waals surface area (Å²) < 4.78 is 11.2. The lowest BCUT2D eigenvalue weighted by Gasteiger charge is -2.31. The van der Waals surface area contributed by atoms with Gasteiger partial charge in [-0.15, -0.1) is 0 Å². The number of hydrogen-bond acceptors (Lipinski definition) is 7. The standard InChI is InChI=1S/C26H25BrClN3O5S/c1-5-36-19-7-6-15(10-18(19)28)21-17(11-29)25(31-24(33)22(21)26(34)35-4)37-12-20(32)30-23-13(2)8-16(27)9-14(23)3/h6-10,21-22H,5,12H2,1-4H3,(H,30,32)(H,31,33)/t21-,22+/m1/s1. The van der Waals surface area contributed by atoms with Crippen LogP contribution in [-0.4, -0.2) is 37.3 Å². The molecule has 2 atom stereocenters. The van der Waals surface area contributed by atoms with Crippen molar-refractivity contribution in [1.29, 1.82) is 5.26 Å². The number of anilines is 1. The van der Waals surface area contributed by atoms with Crippen molar-refractivity contribution >= 4 is 62.8 Å². The zero-order valence-corrected chi connectivity index (χ0v) is 23.8. The number of esters is 1. The summed E-state index contributed by atoms with van der Waals surface area (Å²) in [5.74, 6) is -3.63. The summed E-state index contributed by atoms with van der Waals surface area (Å²) in [6, 6.07) is 10.8. The third-order valence-corrected chi connectivity index (χ3v) is 7.48. The van der Waals surface area contributed by atoms with Gasteiger partial charge in [-0.05, 0) is 61.7 Å². The van der Waals surface area contributed by atoms with Gasteiger partial charge < -0.3 is 20.1 Å². The van der Waals surface area contributed by atoms with Gasteiger partial charge in [-0.1, -0.05) is 45.4 Å². The van der Waals surface area contributed by atoms with E-state index in [4.69, 9.17) is 21.1 Å². The minimum absolute atomic E-state index is 0.0740. The smallest absolute Gasteiger partial charge is 0.319 e. The summed E-state index contributed by atoms with van der Waals surface area (Å²) in [4.78, 5) is 38.4. The fourth-order valence-corrected chi connectivity index (χ4v) is 5.86. The highest BCUT2D eigenvalue weighted by atomic mass is 79.9. The van der Waals surface area contributed by atoms with Gasteiger partial charge in [0, 0.05) is 16.1 Å². The van der Waals surface area contributed by atoms with E-state index >= 15 is 0 Å². The van der Waals surface area contributed by atoms with Crippen molar-refractivity contribution in [3.8, 4) is 11.8 Å². The molecule has 194 valence electrons. The molecule has 0 saturated heterocycles. The number of nitrogens with zero attached hydrogens (tertiary/aromatic N) is 1. The van der Waals surface area contributed by atoms with Gasteiger partial charge in [-0.3, -0.25) is 14.4 Å². The molecule has 11 heteroatoms. The van der Waals surface area contributed by atoms with E-state index < -0.39 is 23.7 Å². The number of allylic oxidation sites excluding steroid dienone is 1. The molecule has 8 nitrogen and oxygen atoms in total. The van der Waals surface area contributed by atoms with Crippen molar-refractivity contribution in [2.45, 2.75) is 26.7 Å². The number of hydrogen-bond donors (Lipinski definition) is 2. The number of rotatable bonds is 8. The fourth-order valence-electron chi connectivity index (χ4n) is 4.08. The van der Waals surface area contributed by atoms with Crippen LogP contribution in [-0.2, 0) is 19.1 Å². The van der Waals surface area contributed by atoms with E-state index in [1.807, 2.05) is 32.9 Å². The SMILES string of the molecule is CCOc1ccc([C@@H]2C(C#N)=C(SCC(=O)Nc3c(C)cc(Br)cc3C)NC(=O)[C@H]2C(=O)OC)cc1Cl. The second-order valence-corrected chi connectivity index (χ2v) is 10.5. The average molecular weight is 607 g/mol. The topological polar surface area (TPSA) is 118 Å². The minimum atomic E-state index is -1.31. The summed E-state index contributed by atoms with van der Waals surface area (Å²) in [7, 11) is 1.17. The number of halogens is 2. The van der Waals surface area contributed by atoms with Crippen LogP contribution in [0, 0.1) is 31.1 Å². The molecule has 1 aliphatic rings. The van der Waals surface area contributed by atoms with E-state index in [2.05, 4.69) is 32.6 Å². The number of nitriles is 1. The first-order valence-electron chi connectivity index (χ1n) is 11.3. The van der Waals surface area contributed by atoms with Gasteiger partial charge in [-0.2, -0.15) is 5.26 Å². The Bertz CT molecular complexity index is 1300. The quantitative estimate of drug-likeness (QED) is 0.312. The monoisotopic (exact) mass is 605 g/mol. The summed E-state index contributed by atoms with van der Waals surface area (Å²) in [6.45, 7) is 6.00. The van der Waals surface area contributed by atoms with E-state index in [-0.39, 0.29) is 27.3 Å². The van der Waals surface area contributed by atoms with Gasteiger partial charge in [0.2, 0.25) is 11.8 Å². The Morgan fingerprint density at radius 3 is 2.49 bits per heavy atom. The van der Waals surface area contributed by atoms with Crippen LogP contribution in [0.1, 0.15) is 29.5 Å². The molecule has 37 heavy (non-hydrogen) atoms. The van der Waals surface area contributed by atoms with Crippen molar-refractivity contribution in [3.05, 3.63) is 67.1 Å². The second-order valence-electron chi connectivity index (χ2n) is 8.20. The van der Waals surface area contributed by atoms with Crippen LogP contribution in [0.15, 0.2) is 45.4 Å². The number of methoxy groups -OCH3 is 1. The molecular weight excluding hydrogens is 582 g/mol. The van der Waals surface area contributed by atoms with Gasteiger partial charge in [0.1, 0.15) is 11.7 Å². The summed E-state index contributed by atoms with van der Waals surface area (Å²) in [5, 5.41) is 16.1. The lowest BCUT2D eigenvalue weighted by molar-refractivity contribution is -0.150. The highest BCUT2D eigenvalue weighted by Crippen LogP contribution is 2.42. The number of carbonyl (C=O) groups is 3. The number of ether oxygens (including phenoxy) is 2. The van der Waals surface area contributed by atoms with Crippen molar-refractivity contribution in [1.82, 2.24) is 5.32 Å². The number of amides is 2. The lowest BCUT2D eigenvalue weighted by Crippen LogP contribution is -2.44. The minimum Gasteiger partial charge on any atom is -0.492 e. The maximum Gasteiger partial charge on any atom is 0.319 e. The van der Waals surface area contributed by atoms with Crippen LogP contribution in [0.4, 0.5) is 5.69 Å². The Hall–Kier alpha value is -3.00. The van der Waals surface area contributed by atoms with Crippen LogP contribution in [0.5, 0.6) is 5.75 Å². The molecule has 0 fully saturated rings. The normalized spacial score (nSPS) is 17.1. The lowest BCUT2D eigenvalue weighted by atomic mass is 9.78. The Morgan fingerprint density at radius 2 is 1.92 bits per heavy atom. The third-order valence-electron chi connectivity index (χ3n) is 5.71. The molecule has 0 bridgehead atoms. The van der Waals surface area contributed by atoms with E-state index in [1.54, 1.807) is 18.2 Å². The van der Waals surface area contributed by atoms with Gasteiger partial charge in [0.05, 0.1) is 41.2 Å². The van der Waals surface area contributed by atoms with Crippen LogP contribution in [0.2, 0.25) is 5.02 Å². The molecule has 0 aromatic heterocycles. The molecule has 3 rings (SSSR count). The number of thioether (sulfide) groups is 1. The molecule has 0 aliphatic carbocycles. The molecule has 0 saturated carbocycles. The van der Waals surface area contributed by atoms with Gasteiger partial charge >= 0.3 is 5.97 Å². The molecule has 2 N–H and O–H groups in total. The van der Waals surface area contributed by atoms with E-state index in [0.29, 0.717) is 23.6 Å². The van der Waals surface area contributed by atoms with E-state index in [9.17, 15) is 19.6 Å². The van der Waals surface area contributed by atoms with Crippen molar-refractivity contribution in [3.63, 3.8) is 0 Å². The van der Waals surface area contributed by atoms with Crippen LogP contribution in [0.25, 0.3) is 0 Å². The number of nitrogens with one attached hydrogen (secondary N) is 2. The van der Waals surface area contributed by atoms with Gasteiger partial charge in [-0.25, -0.2) is 0 Å². The highest BCUT2D eigenvalue weighted by Gasteiger charge is 2.44. The molecular formula is C26H25BrClN3O5S. The summed E-state index contributed by atoms with van der Waals surface area (Å²) in [5.41, 5.74) is 3.08. The molecule has 0 unspecified atom stereocenters. The van der Waals surface area contributed by atoms with Crippen molar-refractivity contribution in [2.75, 3.05) is 24.8 Å². The van der Waals surface area contributed by atoms with Crippen molar-refractivity contribution < 1.29 is 23.9 Å². The average Bonchev–Trinajstić information content (AvgIpc) is 2.85. The van der Waals surface area contributed by atoms with Crippen LogP contribution < -0.4 is 15.4 Å². The first kappa shape index (κ1) is 28.6. The zero-order valence-electron chi connectivity index (χ0n) is 20.6. The third kappa shape index (κ3) is 6.47. The summed E-state index contributed by atoms with van der Waals surface area (Å²) in [6.07, 6.45) is 0. The second kappa shape index (κ2) is 12.5. The number of benzene rings is 2. The molecule has 0 spiro atoms. The van der Waals surface area contributed by atoms with E-state index in [0.717, 1.165) is 27.4 Å². The highest BCUT2D eigenvalue weighted by molar-refractivity contribution is 9.10. The molecule has 2 aromatic carbocycles. The predicted molar refractivity (Wildman–Crippen MR) is 146 cm³/mol.